The Morgan fingerprint density at radius 2 is 1.00 bits per heavy atom. The average Bonchev–Trinajstić information content (AvgIpc) is 2.46. The summed E-state index contributed by atoms with van der Waals surface area (Å²) in [6.45, 7) is 4.54. The molecule has 0 aliphatic rings. The molecule has 0 aromatic carbocycles. The SMILES string of the molecule is CCCCCCCCCCCCCOS(=O)(=O)OCCC. The predicted molar refractivity (Wildman–Crippen MR) is 87.6 cm³/mol. The highest BCUT2D eigenvalue weighted by atomic mass is 32.3. The molecule has 0 bridgehead atoms. The lowest BCUT2D eigenvalue weighted by molar-refractivity contribution is 0.211. The average molecular weight is 323 g/mol. The summed E-state index contributed by atoms with van der Waals surface area (Å²) in [6.07, 6.45) is 14.3. The summed E-state index contributed by atoms with van der Waals surface area (Å²) in [4.78, 5) is 0. The molecule has 0 saturated heterocycles. The summed E-state index contributed by atoms with van der Waals surface area (Å²) in [5.41, 5.74) is 0. The van der Waals surface area contributed by atoms with Gasteiger partial charge in [0.2, 0.25) is 0 Å². The lowest BCUT2D eigenvalue weighted by Gasteiger charge is -2.05. The summed E-state index contributed by atoms with van der Waals surface area (Å²) >= 11 is 0. The normalized spacial score (nSPS) is 11.9. The Hall–Kier alpha value is -0.130. The maximum absolute atomic E-state index is 11.2. The minimum absolute atomic E-state index is 0.195. The first-order valence-corrected chi connectivity index (χ1v) is 9.99. The molecule has 0 spiro atoms. The van der Waals surface area contributed by atoms with E-state index in [1.807, 2.05) is 6.92 Å². The minimum Gasteiger partial charge on any atom is -0.248 e. The fourth-order valence-corrected chi connectivity index (χ4v) is 2.91. The molecule has 0 N–H and O–H groups in total. The number of hydrogen-bond acceptors (Lipinski definition) is 4. The van der Waals surface area contributed by atoms with Gasteiger partial charge in [0, 0.05) is 0 Å². The lowest BCUT2D eigenvalue weighted by atomic mass is 10.1. The zero-order valence-electron chi connectivity index (χ0n) is 13.9. The first-order chi connectivity index (χ1) is 10.1. The number of unbranched alkanes of at least 4 members (excludes halogenated alkanes) is 10. The zero-order chi connectivity index (χ0) is 15.8. The first kappa shape index (κ1) is 20.9. The van der Waals surface area contributed by atoms with E-state index in [0.717, 1.165) is 19.3 Å². The summed E-state index contributed by atoms with van der Waals surface area (Å²) in [6, 6.07) is 0. The third kappa shape index (κ3) is 16.1. The smallest absolute Gasteiger partial charge is 0.248 e. The van der Waals surface area contributed by atoms with E-state index in [1.54, 1.807) is 0 Å². The summed E-state index contributed by atoms with van der Waals surface area (Å²) in [7, 11) is -3.76. The van der Waals surface area contributed by atoms with Crippen molar-refractivity contribution in [2.45, 2.75) is 90.9 Å². The van der Waals surface area contributed by atoms with Crippen LogP contribution in [0.25, 0.3) is 0 Å². The lowest BCUT2D eigenvalue weighted by Crippen LogP contribution is -2.11. The molecule has 0 atom stereocenters. The Morgan fingerprint density at radius 1 is 0.571 bits per heavy atom. The highest BCUT2D eigenvalue weighted by Gasteiger charge is 2.10. The molecule has 0 aromatic rings. The minimum atomic E-state index is -3.76. The van der Waals surface area contributed by atoms with E-state index in [2.05, 4.69) is 11.1 Å². The van der Waals surface area contributed by atoms with Crippen LogP contribution in [-0.4, -0.2) is 21.6 Å². The third-order valence-electron chi connectivity index (χ3n) is 3.41. The monoisotopic (exact) mass is 322 g/mol. The maximum atomic E-state index is 11.2. The number of rotatable bonds is 16. The molecular formula is C16H34O4S. The second-order valence-electron chi connectivity index (χ2n) is 5.59. The molecule has 5 heteroatoms. The van der Waals surface area contributed by atoms with Gasteiger partial charge in [0.05, 0.1) is 13.2 Å². The van der Waals surface area contributed by atoms with Crippen LogP contribution in [0.5, 0.6) is 0 Å². The molecule has 0 radical (unpaired) electrons. The van der Waals surface area contributed by atoms with Crippen molar-refractivity contribution in [3.63, 3.8) is 0 Å². The molecule has 0 unspecified atom stereocenters. The first-order valence-electron chi connectivity index (χ1n) is 8.66. The zero-order valence-corrected chi connectivity index (χ0v) is 14.8. The Balaban J connectivity index is 3.22. The van der Waals surface area contributed by atoms with Crippen molar-refractivity contribution < 1.29 is 16.8 Å². The van der Waals surface area contributed by atoms with Crippen molar-refractivity contribution in [1.29, 1.82) is 0 Å². The van der Waals surface area contributed by atoms with Gasteiger partial charge in [0.25, 0.3) is 0 Å². The molecule has 0 amide bonds. The molecular weight excluding hydrogens is 288 g/mol. The van der Waals surface area contributed by atoms with Crippen molar-refractivity contribution >= 4 is 10.4 Å². The topological polar surface area (TPSA) is 52.6 Å². The standard InChI is InChI=1S/C16H34O4S/c1-3-5-6-7-8-9-10-11-12-13-14-16-20-21(17,18)19-15-4-2/h3-16H2,1-2H3. The van der Waals surface area contributed by atoms with E-state index >= 15 is 0 Å². The third-order valence-corrected chi connectivity index (χ3v) is 4.32. The summed E-state index contributed by atoms with van der Waals surface area (Å²) in [5.74, 6) is 0. The number of hydrogen-bond donors (Lipinski definition) is 0. The van der Waals surface area contributed by atoms with Crippen molar-refractivity contribution in [3.05, 3.63) is 0 Å². The molecule has 0 saturated carbocycles. The fourth-order valence-electron chi connectivity index (χ4n) is 2.15. The van der Waals surface area contributed by atoms with Crippen LogP contribution in [0.1, 0.15) is 90.9 Å². The van der Waals surface area contributed by atoms with Crippen molar-refractivity contribution in [2.24, 2.45) is 0 Å². The largest absolute Gasteiger partial charge is 0.399 e. The van der Waals surface area contributed by atoms with E-state index in [1.165, 1.54) is 51.4 Å². The molecule has 0 aliphatic carbocycles. The summed E-state index contributed by atoms with van der Waals surface area (Å²) in [5, 5.41) is 0. The molecule has 21 heavy (non-hydrogen) atoms. The van der Waals surface area contributed by atoms with Gasteiger partial charge in [-0.05, 0) is 12.8 Å². The van der Waals surface area contributed by atoms with Crippen molar-refractivity contribution in [2.75, 3.05) is 13.2 Å². The van der Waals surface area contributed by atoms with Crippen LogP contribution in [0.4, 0.5) is 0 Å². The van der Waals surface area contributed by atoms with Crippen LogP contribution in [0.15, 0.2) is 0 Å². The molecule has 0 rings (SSSR count). The van der Waals surface area contributed by atoms with Crippen LogP contribution in [0.3, 0.4) is 0 Å². The van der Waals surface area contributed by atoms with Gasteiger partial charge in [-0.3, -0.25) is 0 Å². The van der Waals surface area contributed by atoms with E-state index in [9.17, 15) is 8.42 Å². The summed E-state index contributed by atoms with van der Waals surface area (Å²) < 4.78 is 31.8. The fraction of sp³-hybridized carbons (Fsp3) is 1.00. The van der Waals surface area contributed by atoms with Crippen molar-refractivity contribution in [1.82, 2.24) is 0 Å². The second kappa shape index (κ2) is 14.8. The highest BCUT2D eigenvalue weighted by Crippen LogP contribution is 2.11. The molecule has 0 heterocycles. The van der Waals surface area contributed by atoms with Crippen LogP contribution in [0.2, 0.25) is 0 Å². The molecule has 128 valence electrons. The van der Waals surface area contributed by atoms with Crippen LogP contribution < -0.4 is 0 Å². The maximum Gasteiger partial charge on any atom is 0.399 e. The van der Waals surface area contributed by atoms with Gasteiger partial charge in [-0.1, -0.05) is 78.1 Å². The Bertz CT molecular complexity index is 301. The van der Waals surface area contributed by atoms with E-state index in [4.69, 9.17) is 4.18 Å². The molecule has 0 aromatic heterocycles. The predicted octanol–water partition coefficient (Wildman–Crippen LogP) is 4.99. The van der Waals surface area contributed by atoms with Gasteiger partial charge in [0.15, 0.2) is 0 Å². The van der Waals surface area contributed by atoms with Gasteiger partial charge in [-0.25, -0.2) is 8.37 Å². The van der Waals surface area contributed by atoms with Gasteiger partial charge in [-0.2, -0.15) is 8.42 Å². The Kier molecular flexibility index (Phi) is 14.7. The van der Waals surface area contributed by atoms with E-state index in [0.29, 0.717) is 6.42 Å². The van der Waals surface area contributed by atoms with Crippen LogP contribution >= 0.6 is 0 Å². The van der Waals surface area contributed by atoms with E-state index < -0.39 is 10.4 Å². The van der Waals surface area contributed by atoms with Gasteiger partial charge in [0.1, 0.15) is 0 Å². The highest BCUT2D eigenvalue weighted by molar-refractivity contribution is 7.81. The molecule has 4 nitrogen and oxygen atoms in total. The van der Waals surface area contributed by atoms with Crippen molar-refractivity contribution in [3.8, 4) is 0 Å². The second-order valence-corrected chi connectivity index (χ2v) is 6.88. The Morgan fingerprint density at radius 3 is 1.48 bits per heavy atom. The van der Waals surface area contributed by atoms with Crippen LogP contribution in [0, 0.1) is 0 Å². The van der Waals surface area contributed by atoms with E-state index in [-0.39, 0.29) is 13.2 Å². The van der Waals surface area contributed by atoms with Crippen LogP contribution in [-0.2, 0) is 18.8 Å². The molecule has 0 fully saturated rings. The van der Waals surface area contributed by atoms with Gasteiger partial charge < -0.3 is 0 Å². The quantitative estimate of drug-likeness (QED) is 0.376. The molecule has 0 aliphatic heterocycles. The Labute approximate surface area is 131 Å². The van der Waals surface area contributed by atoms with Gasteiger partial charge in [-0.15, -0.1) is 0 Å². The van der Waals surface area contributed by atoms with Gasteiger partial charge >= 0.3 is 10.4 Å².